The first-order chi connectivity index (χ1) is 16.6. The predicted molar refractivity (Wildman–Crippen MR) is 134 cm³/mol. The molecule has 2 heterocycles. The maximum Gasteiger partial charge on any atom is 0.339 e. The first-order valence-corrected chi connectivity index (χ1v) is 13.2. The van der Waals surface area contributed by atoms with Gasteiger partial charge in [0.05, 0.1) is 23.5 Å². The minimum Gasteiger partial charge on any atom is -0.497 e. The largest absolute Gasteiger partial charge is 0.497 e. The van der Waals surface area contributed by atoms with Crippen LogP contribution in [0.1, 0.15) is 30.4 Å². The van der Waals surface area contributed by atoms with Crippen molar-refractivity contribution in [3.05, 3.63) is 75.5 Å². The van der Waals surface area contributed by atoms with E-state index in [4.69, 9.17) is 19.2 Å². The molecule has 0 amide bonds. The van der Waals surface area contributed by atoms with Gasteiger partial charge in [0.1, 0.15) is 5.75 Å². The molecule has 2 aromatic rings. The predicted octanol–water partition coefficient (Wildman–Crippen LogP) is 4.70. The van der Waals surface area contributed by atoms with Crippen molar-refractivity contribution in [1.82, 2.24) is 0 Å². The van der Waals surface area contributed by atoms with Crippen LogP contribution < -0.4 is 4.74 Å². The molecule has 8 heteroatoms. The van der Waals surface area contributed by atoms with Crippen LogP contribution in [-0.4, -0.2) is 48.9 Å². The molecule has 3 aliphatic rings. The van der Waals surface area contributed by atoms with Crippen molar-refractivity contribution in [3.63, 3.8) is 0 Å². The summed E-state index contributed by atoms with van der Waals surface area (Å²) in [5.41, 5.74) is -0.871. The first kappa shape index (κ1) is 23.1. The van der Waals surface area contributed by atoms with Gasteiger partial charge in [0.25, 0.3) is 0 Å². The van der Waals surface area contributed by atoms with Crippen LogP contribution in [0, 0.1) is 0 Å². The summed E-state index contributed by atoms with van der Waals surface area (Å²) in [4.78, 5) is 32.7. The molecule has 0 unspecified atom stereocenters. The molecule has 0 aromatic heterocycles. The molecular weight excluding hydrogens is 470 g/mol. The number of hydrogen-bond acceptors (Lipinski definition) is 8. The molecule has 3 atom stereocenters. The molecule has 176 valence electrons. The standard InChI is InChI=1S/C26H25NO5S2/c1-3-31-24(29)25-20(17-9-11-19(30-2)12-10-17)15-21(28)22(23-33-13-14-34-23)26(25,32-16-27-25)18-7-5-4-6-8-18/h4-12,16,20H,3,13-15H2,1-2H3/t20-,25-,26-/m1/s1. The third kappa shape index (κ3) is 3.30. The number of aliphatic imine (C=N–C) groups is 1. The van der Waals surface area contributed by atoms with Crippen LogP contribution in [0.15, 0.2) is 69.4 Å². The van der Waals surface area contributed by atoms with Crippen molar-refractivity contribution >= 4 is 41.7 Å². The Hall–Kier alpha value is -2.71. The molecular formula is C26H25NO5S2. The molecule has 34 heavy (non-hydrogen) atoms. The molecule has 1 saturated heterocycles. The minimum absolute atomic E-state index is 0.0352. The number of Topliss-reactive ketones (excluding diaryl/α,β-unsaturated/α-hetero) is 1. The average molecular weight is 496 g/mol. The fourth-order valence-electron chi connectivity index (χ4n) is 5.18. The number of hydrogen-bond donors (Lipinski definition) is 0. The second-order valence-corrected chi connectivity index (χ2v) is 10.7. The van der Waals surface area contributed by atoms with E-state index in [1.165, 1.54) is 6.40 Å². The monoisotopic (exact) mass is 495 g/mol. The van der Waals surface area contributed by atoms with Crippen LogP contribution in [-0.2, 0) is 24.7 Å². The zero-order valence-corrected chi connectivity index (χ0v) is 20.6. The Kier molecular flexibility index (Phi) is 6.20. The Morgan fingerprint density at radius 3 is 2.47 bits per heavy atom. The summed E-state index contributed by atoms with van der Waals surface area (Å²) in [6.07, 6.45) is 1.46. The van der Waals surface area contributed by atoms with Gasteiger partial charge in [-0.25, -0.2) is 9.79 Å². The third-order valence-corrected chi connectivity index (χ3v) is 9.30. The van der Waals surface area contributed by atoms with E-state index in [0.717, 1.165) is 21.3 Å². The number of benzene rings is 2. The van der Waals surface area contributed by atoms with Crippen molar-refractivity contribution < 1.29 is 23.8 Å². The second-order valence-electron chi connectivity index (χ2n) is 8.20. The normalized spacial score (nSPS) is 27.9. The number of ketones is 1. The molecule has 2 fully saturated rings. The smallest absolute Gasteiger partial charge is 0.339 e. The summed E-state index contributed by atoms with van der Waals surface area (Å²) < 4.78 is 18.3. The highest BCUT2D eigenvalue weighted by Gasteiger charge is 2.73. The van der Waals surface area contributed by atoms with Gasteiger partial charge in [0, 0.05) is 29.4 Å². The summed E-state index contributed by atoms with van der Waals surface area (Å²) in [6.45, 7) is 1.97. The average Bonchev–Trinajstić information content (AvgIpc) is 3.54. The second kappa shape index (κ2) is 9.15. The van der Waals surface area contributed by atoms with E-state index in [1.54, 1.807) is 37.6 Å². The van der Waals surface area contributed by atoms with E-state index in [-0.39, 0.29) is 18.8 Å². The van der Waals surface area contributed by atoms with E-state index in [1.807, 2.05) is 54.6 Å². The van der Waals surface area contributed by atoms with Crippen LogP contribution in [0.5, 0.6) is 5.75 Å². The highest BCUT2D eigenvalue weighted by molar-refractivity contribution is 8.25. The van der Waals surface area contributed by atoms with Crippen molar-refractivity contribution in [1.29, 1.82) is 0 Å². The lowest BCUT2D eigenvalue weighted by Crippen LogP contribution is -2.63. The number of ether oxygens (including phenoxy) is 3. The highest BCUT2D eigenvalue weighted by atomic mass is 32.2. The van der Waals surface area contributed by atoms with Crippen molar-refractivity contribution in [2.75, 3.05) is 25.2 Å². The van der Waals surface area contributed by atoms with Crippen LogP contribution in [0.4, 0.5) is 0 Å². The summed E-state index contributed by atoms with van der Waals surface area (Å²) >= 11 is 3.28. The summed E-state index contributed by atoms with van der Waals surface area (Å²) in [5.74, 6) is 1.38. The fourth-order valence-corrected chi connectivity index (χ4v) is 7.85. The number of fused-ring (bicyclic) bond motifs is 1. The maximum atomic E-state index is 14.0. The first-order valence-electron chi connectivity index (χ1n) is 11.2. The molecule has 0 radical (unpaired) electrons. The molecule has 2 aliphatic heterocycles. The molecule has 5 rings (SSSR count). The number of thioether (sulfide) groups is 2. The van der Waals surface area contributed by atoms with Crippen LogP contribution in [0.2, 0.25) is 0 Å². The highest BCUT2D eigenvalue weighted by Crippen LogP contribution is 2.62. The van der Waals surface area contributed by atoms with E-state index >= 15 is 0 Å². The zero-order chi connectivity index (χ0) is 23.8. The zero-order valence-electron chi connectivity index (χ0n) is 19.0. The van der Waals surface area contributed by atoms with E-state index in [9.17, 15) is 9.59 Å². The molecule has 0 bridgehead atoms. The Bertz CT molecular complexity index is 1160. The number of esters is 1. The molecule has 2 aromatic carbocycles. The van der Waals surface area contributed by atoms with Gasteiger partial charge in [-0.3, -0.25) is 4.79 Å². The van der Waals surface area contributed by atoms with E-state index in [2.05, 4.69) is 0 Å². The Balaban J connectivity index is 1.82. The van der Waals surface area contributed by atoms with Gasteiger partial charge in [-0.2, -0.15) is 0 Å². The Morgan fingerprint density at radius 1 is 1.12 bits per heavy atom. The van der Waals surface area contributed by atoms with Gasteiger partial charge < -0.3 is 14.2 Å². The van der Waals surface area contributed by atoms with E-state index < -0.39 is 23.0 Å². The molecule has 1 aliphatic carbocycles. The van der Waals surface area contributed by atoms with Crippen LogP contribution in [0.3, 0.4) is 0 Å². The number of carbonyl (C=O) groups is 2. The lowest BCUT2D eigenvalue weighted by molar-refractivity contribution is -0.160. The van der Waals surface area contributed by atoms with Crippen molar-refractivity contribution in [2.24, 2.45) is 4.99 Å². The summed E-state index contributed by atoms with van der Waals surface area (Å²) in [6, 6.07) is 16.9. The van der Waals surface area contributed by atoms with Gasteiger partial charge in [-0.15, -0.1) is 23.5 Å². The number of carbonyl (C=O) groups excluding carboxylic acids is 2. The molecule has 1 saturated carbocycles. The molecule has 0 spiro atoms. The third-order valence-electron chi connectivity index (χ3n) is 6.59. The Morgan fingerprint density at radius 2 is 1.82 bits per heavy atom. The number of rotatable bonds is 5. The topological polar surface area (TPSA) is 74.2 Å². The van der Waals surface area contributed by atoms with Gasteiger partial charge in [-0.05, 0) is 24.6 Å². The molecule has 0 N–H and O–H groups in total. The number of nitrogens with zero attached hydrogens (tertiary/aromatic N) is 1. The number of methoxy groups -OCH3 is 1. The Labute approximate surface area is 207 Å². The van der Waals surface area contributed by atoms with Gasteiger partial charge >= 0.3 is 5.97 Å². The van der Waals surface area contributed by atoms with E-state index in [0.29, 0.717) is 16.9 Å². The SMILES string of the molecule is CCOC(=O)[C@@]12N=CO[C@]1(c1ccccc1)C(=C1SCCS1)C(=O)C[C@@H]2c1ccc(OC)cc1. The van der Waals surface area contributed by atoms with Crippen molar-refractivity contribution in [3.8, 4) is 5.75 Å². The fraction of sp³-hybridized carbons (Fsp3) is 0.346. The van der Waals surface area contributed by atoms with Gasteiger partial charge in [-0.1, -0.05) is 42.5 Å². The van der Waals surface area contributed by atoms with Crippen molar-refractivity contribution in [2.45, 2.75) is 30.4 Å². The quantitative estimate of drug-likeness (QED) is 0.440. The van der Waals surface area contributed by atoms with Gasteiger partial charge in [0.2, 0.25) is 11.1 Å². The summed E-state index contributed by atoms with van der Waals surface area (Å²) in [7, 11) is 1.60. The van der Waals surface area contributed by atoms with Crippen LogP contribution >= 0.6 is 23.5 Å². The molecule has 6 nitrogen and oxygen atoms in total. The summed E-state index contributed by atoms with van der Waals surface area (Å²) in [5, 5.41) is 0. The maximum absolute atomic E-state index is 14.0. The van der Waals surface area contributed by atoms with Gasteiger partial charge in [0.15, 0.2) is 12.2 Å². The lowest BCUT2D eigenvalue weighted by atomic mass is 9.57. The lowest BCUT2D eigenvalue weighted by Gasteiger charge is -2.49. The van der Waals surface area contributed by atoms with Crippen LogP contribution in [0.25, 0.3) is 0 Å². The minimum atomic E-state index is -1.49.